The number of aromatic nitrogens is 5. The minimum absolute atomic E-state index is 0.0299. The molecule has 2 atom stereocenters. The number of nitrogens with one attached hydrogen (secondary N) is 1. The molecule has 1 aliphatic carbocycles. The average molecular weight is 593 g/mol. The van der Waals surface area contributed by atoms with E-state index in [9.17, 15) is 9.59 Å². The fourth-order valence-corrected chi connectivity index (χ4v) is 4.60. The standard InChI is InChI=1S/C9H8N4O3.C9H19N.C7H6BrNO3/c1-16-8-7(9(14)15)6(2-3-10-8)13-11-4-5-12-13;1-3-8-6-4-5-7-9(8)10-2;1-12-6-5(7(10)11)4(8)2-3-9-6/h2-5H,1H3,(H,14,15);8-10H,3-7H2,1-2H3;2-3H,1H3,(H,10,11)/t;8-,9-;/m.1./s1. The maximum absolute atomic E-state index is 11.1. The Morgan fingerprint density at radius 2 is 1.53 bits per heavy atom. The van der Waals surface area contributed by atoms with E-state index in [1.165, 1.54) is 82.0 Å². The molecule has 3 aromatic rings. The van der Waals surface area contributed by atoms with E-state index in [4.69, 9.17) is 19.7 Å². The SMILES string of the molecule is CC[C@@H]1CCCC[C@H]1NC.COc1nccc(-n2nccn2)c1C(=O)O.COc1nccc(Br)c1C(=O)O. The first-order chi connectivity index (χ1) is 18.3. The van der Waals surface area contributed by atoms with E-state index < -0.39 is 11.9 Å². The molecule has 1 fully saturated rings. The molecular weight excluding hydrogens is 560 g/mol. The lowest BCUT2D eigenvalue weighted by Gasteiger charge is -2.30. The van der Waals surface area contributed by atoms with Crippen molar-refractivity contribution in [1.29, 1.82) is 0 Å². The molecule has 13 heteroatoms. The number of hydrogen-bond donors (Lipinski definition) is 3. The van der Waals surface area contributed by atoms with Crippen molar-refractivity contribution in [2.45, 2.75) is 45.1 Å². The Morgan fingerprint density at radius 1 is 0.974 bits per heavy atom. The van der Waals surface area contributed by atoms with Gasteiger partial charge in [-0.3, -0.25) is 0 Å². The van der Waals surface area contributed by atoms with Crippen LogP contribution in [0.2, 0.25) is 0 Å². The minimum Gasteiger partial charge on any atom is -0.480 e. The normalized spacial score (nSPS) is 16.2. The van der Waals surface area contributed by atoms with Gasteiger partial charge >= 0.3 is 11.9 Å². The smallest absolute Gasteiger partial charge is 0.343 e. The Balaban J connectivity index is 0.000000207. The topological polar surface area (TPSA) is 162 Å². The first kappa shape index (κ1) is 30.6. The lowest BCUT2D eigenvalue weighted by atomic mass is 9.83. The van der Waals surface area contributed by atoms with Crippen molar-refractivity contribution in [2.24, 2.45) is 5.92 Å². The van der Waals surface area contributed by atoms with Crippen LogP contribution in [0.5, 0.6) is 11.8 Å². The molecule has 206 valence electrons. The van der Waals surface area contributed by atoms with Crippen LogP contribution in [0, 0.1) is 5.92 Å². The zero-order valence-corrected chi connectivity index (χ0v) is 23.4. The minimum atomic E-state index is -1.14. The van der Waals surface area contributed by atoms with E-state index in [2.05, 4.69) is 55.4 Å². The number of hydrogen-bond acceptors (Lipinski definition) is 9. The van der Waals surface area contributed by atoms with Crippen molar-refractivity contribution in [3.8, 4) is 17.4 Å². The van der Waals surface area contributed by atoms with Crippen LogP contribution >= 0.6 is 15.9 Å². The largest absolute Gasteiger partial charge is 0.480 e. The molecule has 0 radical (unpaired) electrons. The number of pyridine rings is 2. The number of aromatic carboxylic acids is 2. The number of rotatable bonds is 7. The van der Waals surface area contributed by atoms with Gasteiger partial charge < -0.3 is 25.0 Å². The van der Waals surface area contributed by atoms with E-state index in [1.54, 1.807) is 6.07 Å². The quantitative estimate of drug-likeness (QED) is 0.362. The molecule has 0 saturated heterocycles. The summed E-state index contributed by atoms with van der Waals surface area (Å²) >= 11 is 3.09. The summed E-state index contributed by atoms with van der Waals surface area (Å²) in [5.41, 5.74) is 0.283. The molecule has 3 N–H and O–H groups in total. The molecule has 1 saturated carbocycles. The van der Waals surface area contributed by atoms with Gasteiger partial charge in [-0.15, -0.1) is 0 Å². The van der Waals surface area contributed by atoms with Gasteiger partial charge in [0.25, 0.3) is 0 Å². The molecule has 0 aliphatic heterocycles. The molecule has 0 spiro atoms. The second kappa shape index (κ2) is 15.6. The second-order valence-corrected chi connectivity index (χ2v) is 9.02. The third kappa shape index (κ3) is 8.21. The van der Waals surface area contributed by atoms with E-state index in [0.29, 0.717) is 10.2 Å². The molecule has 3 heterocycles. The number of halogens is 1. The zero-order chi connectivity index (χ0) is 28.1. The summed E-state index contributed by atoms with van der Waals surface area (Å²) < 4.78 is 10.1. The third-order valence-corrected chi connectivity index (χ3v) is 6.67. The van der Waals surface area contributed by atoms with E-state index in [-0.39, 0.29) is 22.9 Å². The van der Waals surface area contributed by atoms with Gasteiger partial charge in [0.15, 0.2) is 0 Å². The lowest BCUT2D eigenvalue weighted by molar-refractivity contribution is 0.0680. The van der Waals surface area contributed by atoms with Crippen LogP contribution in [0.1, 0.15) is 59.7 Å². The van der Waals surface area contributed by atoms with Gasteiger partial charge in [0.1, 0.15) is 16.8 Å². The first-order valence-electron chi connectivity index (χ1n) is 12.0. The zero-order valence-electron chi connectivity index (χ0n) is 21.8. The molecule has 0 bridgehead atoms. The number of carbonyl (C=O) groups is 2. The highest BCUT2D eigenvalue weighted by Crippen LogP contribution is 2.26. The summed E-state index contributed by atoms with van der Waals surface area (Å²) in [6.45, 7) is 2.31. The summed E-state index contributed by atoms with van der Waals surface area (Å²) in [5.74, 6) is -1.11. The Hall–Kier alpha value is -3.58. The van der Waals surface area contributed by atoms with Crippen LogP contribution in [0.15, 0.2) is 41.4 Å². The molecule has 12 nitrogen and oxygen atoms in total. The Labute approximate surface area is 229 Å². The van der Waals surface area contributed by atoms with Gasteiger partial charge in [0, 0.05) is 22.9 Å². The molecule has 38 heavy (non-hydrogen) atoms. The fourth-order valence-electron chi connectivity index (χ4n) is 4.14. The summed E-state index contributed by atoms with van der Waals surface area (Å²) in [7, 11) is 4.83. The van der Waals surface area contributed by atoms with Gasteiger partial charge in [-0.25, -0.2) is 19.6 Å². The van der Waals surface area contributed by atoms with Crippen LogP contribution in [-0.2, 0) is 0 Å². The van der Waals surface area contributed by atoms with Crippen molar-refractivity contribution >= 4 is 27.9 Å². The van der Waals surface area contributed by atoms with Crippen molar-refractivity contribution in [3.63, 3.8) is 0 Å². The van der Waals surface area contributed by atoms with Crippen molar-refractivity contribution in [3.05, 3.63) is 52.5 Å². The average Bonchev–Trinajstić information content (AvgIpc) is 3.47. The van der Waals surface area contributed by atoms with E-state index in [1.807, 2.05) is 0 Å². The van der Waals surface area contributed by atoms with Crippen molar-refractivity contribution in [1.82, 2.24) is 30.3 Å². The summed E-state index contributed by atoms with van der Waals surface area (Å²) in [4.78, 5) is 30.5. The van der Waals surface area contributed by atoms with Crippen molar-refractivity contribution < 1.29 is 29.3 Å². The van der Waals surface area contributed by atoms with E-state index in [0.717, 1.165) is 12.0 Å². The predicted molar refractivity (Wildman–Crippen MR) is 143 cm³/mol. The first-order valence-corrected chi connectivity index (χ1v) is 12.8. The van der Waals surface area contributed by atoms with Crippen LogP contribution in [0.25, 0.3) is 5.69 Å². The molecule has 1 aliphatic rings. The highest BCUT2D eigenvalue weighted by Gasteiger charge is 2.21. The van der Waals surface area contributed by atoms with Crippen LogP contribution < -0.4 is 14.8 Å². The second-order valence-electron chi connectivity index (χ2n) is 8.17. The molecule has 4 rings (SSSR count). The Morgan fingerprint density at radius 3 is 2.00 bits per heavy atom. The summed E-state index contributed by atoms with van der Waals surface area (Å²) in [5, 5.41) is 28.9. The molecular formula is C25H33BrN6O6. The Kier molecular flexibility index (Phi) is 12.6. The highest BCUT2D eigenvalue weighted by molar-refractivity contribution is 9.10. The number of ether oxygens (including phenoxy) is 2. The molecule has 0 unspecified atom stereocenters. The third-order valence-electron chi connectivity index (χ3n) is 6.01. The van der Waals surface area contributed by atoms with Crippen LogP contribution in [0.3, 0.4) is 0 Å². The molecule has 0 amide bonds. The van der Waals surface area contributed by atoms with Gasteiger partial charge in [-0.2, -0.15) is 15.0 Å². The van der Waals surface area contributed by atoms with Crippen molar-refractivity contribution in [2.75, 3.05) is 21.3 Å². The van der Waals surface area contributed by atoms with Gasteiger partial charge in [-0.1, -0.05) is 26.2 Å². The maximum atomic E-state index is 11.1. The number of carboxylic acids is 2. The van der Waals surface area contributed by atoms with E-state index >= 15 is 0 Å². The summed E-state index contributed by atoms with van der Waals surface area (Å²) in [6.07, 6.45) is 12.9. The van der Waals surface area contributed by atoms with Crippen LogP contribution in [-0.4, -0.2) is 74.4 Å². The lowest BCUT2D eigenvalue weighted by Crippen LogP contribution is -2.35. The Bertz CT molecular complexity index is 1170. The van der Waals surface area contributed by atoms with Gasteiger partial charge in [0.05, 0.1) is 26.6 Å². The van der Waals surface area contributed by atoms with Gasteiger partial charge in [-0.05, 0) is 53.9 Å². The number of methoxy groups -OCH3 is 2. The fraction of sp³-hybridized carbons (Fsp3) is 0.440. The van der Waals surface area contributed by atoms with Crippen LogP contribution in [0.4, 0.5) is 0 Å². The molecule has 3 aromatic heterocycles. The highest BCUT2D eigenvalue weighted by atomic mass is 79.9. The van der Waals surface area contributed by atoms with Gasteiger partial charge in [0.2, 0.25) is 11.8 Å². The summed E-state index contributed by atoms with van der Waals surface area (Å²) in [6, 6.07) is 3.87. The number of nitrogens with zero attached hydrogens (tertiary/aromatic N) is 5. The number of carboxylic acid groups (broad SMARTS) is 2. The predicted octanol–water partition coefficient (Wildman–Crippen LogP) is 4.09. The monoisotopic (exact) mass is 592 g/mol. The molecule has 0 aromatic carbocycles. The maximum Gasteiger partial charge on any atom is 0.343 e.